The van der Waals surface area contributed by atoms with Crippen LogP contribution in [0, 0.1) is 11.3 Å². The van der Waals surface area contributed by atoms with Crippen molar-refractivity contribution in [3.05, 3.63) is 34.4 Å². The third kappa shape index (κ3) is 3.59. The fourth-order valence-electron chi connectivity index (χ4n) is 3.79. The van der Waals surface area contributed by atoms with Crippen molar-refractivity contribution in [1.82, 2.24) is 0 Å². The Bertz CT molecular complexity index is 580. The van der Waals surface area contributed by atoms with E-state index in [0.29, 0.717) is 12.2 Å². The van der Waals surface area contributed by atoms with Crippen molar-refractivity contribution in [2.45, 2.75) is 59.7 Å². The monoisotopic (exact) mass is 320 g/mol. The Kier molecular flexibility index (Phi) is 5.17. The second-order valence-electron chi connectivity index (χ2n) is 7.44. The number of aliphatic hydroxyl groups excluding tert-OH is 1. The van der Waals surface area contributed by atoms with Gasteiger partial charge in [0.05, 0.1) is 18.8 Å². The Balaban J connectivity index is 2.49. The first-order valence-corrected chi connectivity index (χ1v) is 8.23. The van der Waals surface area contributed by atoms with E-state index in [1.165, 1.54) is 11.1 Å². The standard InChI is InChI=1S/C19H28O4/c1-11-8-14(15(23-10-11)9-13(3)18(21)22)17-12(2)6-7-16(20)19(17,4)5/h8-9,14-16,20H,6-7,10H2,1-5H3,(H,21,22)/b13-9-/t14-,15-,16+/m1/s1. The van der Waals surface area contributed by atoms with E-state index in [2.05, 4.69) is 26.8 Å². The van der Waals surface area contributed by atoms with E-state index in [1.54, 1.807) is 13.0 Å². The minimum Gasteiger partial charge on any atom is -0.478 e. The van der Waals surface area contributed by atoms with Gasteiger partial charge in [-0.2, -0.15) is 0 Å². The number of carboxylic acid groups (broad SMARTS) is 1. The molecule has 0 aromatic heterocycles. The molecule has 1 heterocycles. The number of ether oxygens (including phenoxy) is 1. The molecule has 0 aromatic carbocycles. The molecule has 1 aliphatic carbocycles. The zero-order valence-electron chi connectivity index (χ0n) is 14.7. The maximum absolute atomic E-state index is 11.2. The smallest absolute Gasteiger partial charge is 0.331 e. The molecule has 2 aliphatic rings. The van der Waals surface area contributed by atoms with Crippen LogP contribution in [0.25, 0.3) is 0 Å². The van der Waals surface area contributed by atoms with Crippen LogP contribution in [-0.4, -0.2) is 35.0 Å². The highest BCUT2D eigenvalue weighted by Gasteiger charge is 2.42. The minimum absolute atomic E-state index is 0.0250. The highest BCUT2D eigenvalue weighted by molar-refractivity contribution is 5.85. The molecule has 0 amide bonds. The van der Waals surface area contributed by atoms with Crippen molar-refractivity contribution in [3.63, 3.8) is 0 Å². The number of carboxylic acids is 1. The Labute approximate surface area is 138 Å². The lowest BCUT2D eigenvalue weighted by molar-refractivity contribution is -0.132. The van der Waals surface area contributed by atoms with Gasteiger partial charge in [0, 0.05) is 16.9 Å². The van der Waals surface area contributed by atoms with Crippen molar-refractivity contribution in [2.75, 3.05) is 6.61 Å². The molecule has 0 spiro atoms. The van der Waals surface area contributed by atoms with E-state index in [4.69, 9.17) is 9.84 Å². The number of carbonyl (C=O) groups is 1. The molecule has 128 valence electrons. The zero-order valence-corrected chi connectivity index (χ0v) is 14.7. The van der Waals surface area contributed by atoms with Crippen LogP contribution in [0.2, 0.25) is 0 Å². The topological polar surface area (TPSA) is 66.8 Å². The molecular weight excluding hydrogens is 292 g/mol. The van der Waals surface area contributed by atoms with E-state index in [1.807, 2.05) is 6.92 Å². The van der Waals surface area contributed by atoms with E-state index in [-0.39, 0.29) is 23.5 Å². The zero-order chi connectivity index (χ0) is 17.4. The lowest BCUT2D eigenvalue weighted by atomic mass is 9.64. The molecule has 4 nitrogen and oxygen atoms in total. The molecule has 3 atom stereocenters. The quantitative estimate of drug-likeness (QED) is 0.617. The number of rotatable bonds is 3. The first kappa shape index (κ1) is 18.0. The van der Waals surface area contributed by atoms with Crippen molar-refractivity contribution in [1.29, 1.82) is 0 Å². The third-order valence-electron chi connectivity index (χ3n) is 5.19. The predicted molar refractivity (Wildman–Crippen MR) is 90.1 cm³/mol. The summed E-state index contributed by atoms with van der Waals surface area (Å²) in [5.74, 6) is -0.949. The van der Waals surface area contributed by atoms with Crippen LogP contribution in [0.15, 0.2) is 34.4 Å². The van der Waals surface area contributed by atoms with Gasteiger partial charge in [0.2, 0.25) is 0 Å². The van der Waals surface area contributed by atoms with Gasteiger partial charge in [0.1, 0.15) is 0 Å². The van der Waals surface area contributed by atoms with Crippen LogP contribution in [0.4, 0.5) is 0 Å². The lowest BCUT2D eigenvalue weighted by Gasteiger charge is -2.44. The van der Waals surface area contributed by atoms with Gasteiger partial charge in [-0.1, -0.05) is 36.6 Å². The van der Waals surface area contributed by atoms with Crippen LogP contribution in [0.3, 0.4) is 0 Å². The van der Waals surface area contributed by atoms with Gasteiger partial charge >= 0.3 is 5.97 Å². The molecule has 0 saturated carbocycles. The molecule has 0 fully saturated rings. The maximum Gasteiger partial charge on any atom is 0.331 e. The average molecular weight is 320 g/mol. The molecular formula is C19H28O4. The summed E-state index contributed by atoms with van der Waals surface area (Å²) in [6.45, 7) is 10.4. The summed E-state index contributed by atoms with van der Waals surface area (Å²) in [5, 5.41) is 19.6. The van der Waals surface area contributed by atoms with E-state index in [0.717, 1.165) is 18.4 Å². The summed E-state index contributed by atoms with van der Waals surface area (Å²) >= 11 is 0. The maximum atomic E-state index is 11.2. The van der Waals surface area contributed by atoms with Crippen molar-refractivity contribution < 1.29 is 19.7 Å². The van der Waals surface area contributed by atoms with Crippen LogP contribution >= 0.6 is 0 Å². The highest BCUT2D eigenvalue weighted by atomic mass is 16.5. The van der Waals surface area contributed by atoms with Crippen LogP contribution < -0.4 is 0 Å². The molecule has 2 N–H and O–H groups in total. The number of aliphatic carboxylic acids is 1. The fourth-order valence-corrected chi connectivity index (χ4v) is 3.79. The highest BCUT2D eigenvalue weighted by Crippen LogP contribution is 2.47. The first-order valence-electron chi connectivity index (χ1n) is 8.23. The normalized spacial score (nSPS) is 31.8. The van der Waals surface area contributed by atoms with Crippen LogP contribution in [0.5, 0.6) is 0 Å². The van der Waals surface area contributed by atoms with Gasteiger partial charge in [-0.25, -0.2) is 4.79 Å². The van der Waals surface area contributed by atoms with Crippen molar-refractivity contribution >= 4 is 5.97 Å². The molecule has 1 aliphatic heterocycles. The predicted octanol–water partition coefficient (Wildman–Crippen LogP) is 3.48. The summed E-state index contributed by atoms with van der Waals surface area (Å²) in [4.78, 5) is 11.2. The molecule has 23 heavy (non-hydrogen) atoms. The van der Waals surface area contributed by atoms with E-state index in [9.17, 15) is 9.90 Å². The molecule has 4 heteroatoms. The van der Waals surface area contributed by atoms with Gasteiger partial charge in [-0.15, -0.1) is 0 Å². The number of allylic oxidation sites excluding steroid dienone is 1. The van der Waals surface area contributed by atoms with Crippen molar-refractivity contribution in [3.8, 4) is 0 Å². The van der Waals surface area contributed by atoms with Gasteiger partial charge in [-0.05, 0) is 39.7 Å². The third-order valence-corrected chi connectivity index (χ3v) is 5.19. The van der Waals surface area contributed by atoms with E-state index < -0.39 is 5.97 Å². The molecule has 0 radical (unpaired) electrons. The average Bonchev–Trinajstić information content (AvgIpc) is 2.45. The minimum atomic E-state index is -0.924. The van der Waals surface area contributed by atoms with E-state index >= 15 is 0 Å². The molecule has 2 rings (SSSR count). The largest absolute Gasteiger partial charge is 0.478 e. The second-order valence-corrected chi connectivity index (χ2v) is 7.44. The van der Waals surface area contributed by atoms with Gasteiger partial charge in [0.25, 0.3) is 0 Å². The molecule has 0 unspecified atom stereocenters. The summed E-state index contributed by atoms with van der Waals surface area (Å²) in [5.41, 5.74) is 3.57. The van der Waals surface area contributed by atoms with Gasteiger partial charge in [-0.3, -0.25) is 0 Å². The fraction of sp³-hybridized carbons (Fsp3) is 0.632. The molecule has 0 aromatic rings. The Morgan fingerprint density at radius 1 is 1.39 bits per heavy atom. The molecule has 0 bridgehead atoms. The van der Waals surface area contributed by atoms with Crippen LogP contribution in [0.1, 0.15) is 47.5 Å². The van der Waals surface area contributed by atoms with Gasteiger partial charge in [0.15, 0.2) is 0 Å². The number of hydrogen-bond donors (Lipinski definition) is 2. The lowest BCUT2D eigenvalue weighted by Crippen LogP contribution is -2.41. The number of hydrogen-bond acceptors (Lipinski definition) is 3. The SMILES string of the molecule is CC1=C[C@@H](C2=C(C)CC[C@H](O)C2(C)C)[C@@H](/C=C(/C)C(=O)O)OC1. The van der Waals surface area contributed by atoms with Crippen LogP contribution in [-0.2, 0) is 9.53 Å². The second kappa shape index (κ2) is 6.62. The molecule has 0 saturated heterocycles. The first-order chi connectivity index (χ1) is 10.6. The Morgan fingerprint density at radius 3 is 2.65 bits per heavy atom. The Hall–Kier alpha value is -1.39. The van der Waals surface area contributed by atoms with Gasteiger partial charge < -0.3 is 14.9 Å². The summed E-state index contributed by atoms with van der Waals surface area (Å²) < 4.78 is 5.93. The summed E-state index contributed by atoms with van der Waals surface area (Å²) in [7, 11) is 0. The summed E-state index contributed by atoms with van der Waals surface area (Å²) in [6.07, 6.45) is 4.84. The Morgan fingerprint density at radius 2 is 2.04 bits per heavy atom. The number of aliphatic hydroxyl groups is 1. The van der Waals surface area contributed by atoms with Crippen molar-refractivity contribution in [2.24, 2.45) is 11.3 Å². The summed E-state index contributed by atoms with van der Waals surface area (Å²) in [6, 6.07) is 0.